The van der Waals surface area contributed by atoms with E-state index < -0.39 is 0 Å². The van der Waals surface area contributed by atoms with Gasteiger partial charge in [0.1, 0.15) is 12.2 Å². The maximum Gasteiger partial charge on any atom is 0.227 e. The number of nitrogens with zero attached hydrogens (tertiary/aromatic N) is 2. The lowest BCUT2D eigenvalue weighted by atomic mass is 10.0. The molecule has 0 radical (unpaired) electrons. The number of benzene rings is 1. The predicted octanol–water partition coefficient (Wildman–Crippen LogP) is 3.54. The molecule has 1 aromatic carbocycles. The molecule has 0 unspecified atom stereocenters. The number of ether oxygens (including phenoxy) is 3. The first-order chi connectivity index (χ1) is 14.2. The number of rotatable bonds is 6. The molecule has 1 saturated carbocycles. The second-order valence-corrected chi connectivity index (χ2v) is 7.29. The Kier molecular flexibility index (Phi) is 5.63. The van der Waals surface area contributed by atoms with Crippen LogP contribution in [-0.2, 0) is 9.53 Å². The molecule has 2 aromatic rings. The largest absolute Gasteiger partial charge is 0.493 e. The number of carbonyl (C=O) groups excluding carboxylic acids is 1. The molecular weight excluding hydrogens is 370 g/mol. The molecule has 7 nitrogen and oxygen atoms in total. The van der Waals surface area contributed by atoms with Crippen molar-refractivity contribution < 1.29 is 19.0 Å². The number of hydrogen-bond acceptors (Lipinski definition) is 6. The fourth-order valence-electron chi connectivity index (χ4n) is 3.32. The Morgan fingerprint density at radius 3 is 2.72 bits per heavy atom. The van der Waals surface area contributed by atoms with E-state index in [0.717, 1.165) is 31.2 Å². The van der Waals surface area contributed by atoms with Crippen LogP contribution in [0.3, 0.4) is 0 Å². The fraction of sp³-hybridized carbons (Fsp3) is 0.409. The standard InChI is InChI=1S/C22H23N3O4/c1-27-20-11-15(10-16(13-23)21(20)29-18-5-8-28-9-6-18)19-12-17(4-7-24-19)25-22(26)14-2-3-14/h4,7,10-12,14,18H,2-3,5-6,8-9H2,1H3,(H,24,25,26). The molecule has 1 aromatic heterocycles. The number of anilines is 1. The molecule has 1 aliphatic carbocycles. The maximum atomic E-state index is 12.0. The molecule has 0 spiro atoms. The van der Waals surface area contributed by atoms with Crippen LogP contribution in [0.5, 0.6) is 11.5 Å². The second-order valence-electron chi connectivity index (χ2n) is 7.29. The van der Waals surface area contributed by atoms with Gasteiger partial charge in [-0.15, -0.1) is 0 Å². The first-order valence-corrected chi connectivity index (χ1v) is 9.81. The quantitative estimate of drug-likeness (QED) is 0.807. The van der Waals surface area contributed by atoms with Crippen molar-refractivity contribution >= 4 is 11.6 Å². The summed E-state index contributed by atoms with van der Waals surface area (Å²) in [5.74, 6) is 1.10. The lowest BCUT2D eigenvalue weighted by Crippen LogP contribution is -2.26. The monoisotopic (exact) mass is 393 g/mol. The molecule has 1 aliphatic heterocycles. The number of pyridine rings is 1. The van der Waals surface area contributed by atoms with E-state index >= 15 is 0 Å². The van der Waals surface area contributed by atoms with Crippen LogP contribution in [0.15, 0.2) is 30.5 Å². The van der Waals surface area contributed by atoms with Gasteiger partial charge in [-0.25, -0.2) is 0 Å². The van der Waals surface area contributed by atoms with Crippen LogP contribution in [0, 0.1) is 17.2 Å². The lowest BCUT2D eigenvalue weighted by molar-refractivity contribution is -0.117. The molecular formula is C22H23N3O4. The Labute approximate surface area is 169 Å². The first-order valence-electron chi connectivity index (χ1n) is 9.81. The third-order valence-electron chi connectivity index (χ3n) is 5.12. The summed E-state index contributed by atoms with van der Waals surface area (Å²) in [6.45, 7) is 1.30. The van der Waals surface area contributed by atoms with Gasteiger partial charge in [-0.3, -0.25) is 9.78 Å². The van der Waals surface area contributed by atoms with Crippen molar-refractivity contribution in [3.63, 3.8) is 0 Å². The van der Waals surface area contributed by atoms with Crippen molar-refractivity contribution in [1.29, 1.82) is 5.26 Å². The van der Waals surface area contributed by atoms with Crippen molar-refractivity contribution in [3.8, 4) is 28.8 Å². The van der Waals surface area contributed by atoms with Gasteiger partial charge in [0.15, 0.2) is 11.5 Å². The highest BCUT2D eigenvalue weighted by molar-refractivity contribution is 5.94. The smallest absolute Gasteiger partial charge is 0.227 e. The van der Waals surface area contributed by atoms with Crippen LogP contribution in [0.4, 0.5) is 5.69 Å². The molecule has 150 valence electrons. The van der Waals surface area contributed by atoms with Gasteiger partial charge >= 0.3 is 0 Å². The predicted molar refractivity (Wildman–Crippen MR) is 107 cm³/mol. The topological polar surface area (TPSA) is 93.5 Å². The zero-order valence-corrected chi connectivity index (χ0v) is 16.3. The van der Waals surface area contributed by atoms with Crippen LogP contribution in [0.25, 0.3) is 11.3 Å². The van der Waals surface area contributed by atoms with Crippen LogP contribution in [-0.4, -0.2) is 37.3 Å². The molecule has 2 heterocycles. The van der Waals surface area contributed by atoms with Gasteiger partial charge in [-0.1, -0.05) is 0 Å². The van der Waals surface area contributed by atoms with Gasteiger partial charge in [-0.05, 0) is 37.1 Å². The van der Waals surface area contributed by atoms with Gasteiger partial charge < -0.3 is 19.5 Å². The van der Waals surface area contributed by atoms with E-state index in [1.54, 1.807) is 31.5 Å². The zero-order chi connectivity index (χ0) is 20.2. The van der Waals surface area contributed by atoms with E-state index in [-0.39, 0.29) is 17.9 Å². The highest BCUT2D eigenvalue weighted by atomic mass is 16.5. The molecule has 7 heteroatoms. The zero-order valence-electron chi connectivity index (χ0n) is 16.3. The minimum Gasteiger partial charge on any atom is -0.493 e. The molecule has 0 bridgehead atoms. The number of amides is 1. The summed E-state index contributed by atoms with van der Waals surface area (Å²) < 4.78 is 17.0. The van der Waals surface area contributed by atoms with Crippen molar-refractivity contribution in [1.82, 2.24) is 4.98 Å². The van der Waals surface area contributed by atoms with E-state index in [1.807, 2.05) is 6.07 Å². The van der Waals surface area contributed by atoms with Crippen LogP contribution in [0.1, 0.15) is 31.2 Å². The third-order valence-corrected chi connectivity index (χ3v) is 5.12. The lowest BCUT2D eigenvalue weighted by Gasteiger charge is -2.25. The number of carbonyl (C=O) groups is 1. The van der Waals surface area contributed by atoms with Crippen molar-refractivity contribution in [2.45, 2.75) is 31.8 Å². The number of nitriles is 1. The number of aromatic nitrogens is 1. The van der Waals surface area contributed by atoms with Gasteiger partial charge in [-0.2, -0.15) is 5.26 Å². The minimum absolute atomic E-state index is 0.00492. The SMILES string of the molecule is COc1cc(-c2cc(NC(=O)C3CC3)ccn2)cc(C#N)c1OC1CCOCC1. The van der Waals surface area contributed by atoms with Gasteiger partial charge in [0.25, 0.3) is 0 Å². The highest BCUT2D eigenvalue weighted by Gasteiger charge is 2.29. The Balaban J connectivity index is 1.62. The van der Waals surface area contributed by atoms with Crippen molar-refractivity contribution in [2.75, 3.05) is 25.6 Å². The molecule has 2 aliphatic rings. The van der Waals surface area contributed by atoms with E-state index in [1.165, 1.54) is 0 Å². The van der Waals surface area contributed by atoms with Gasteiger partial charge in [0.2, 0.25) is 5.91 Å². The average Bonchev–Trinajstić information content (AvgIpc) is 3.60. The Bertz CT molecular complexity index is 944. The molecule has 1 saturated heterocycles. The Morgan fingerprint density at radius 1 is 1.24 bits per heavy atom. The summed E-state index contributed by atoms with van der Waals surface area (Å²) in [4.78, 5) is 16.4. The second kappa shape index (κ2) is 8.50. The van der Waals surface area contributed by atoms with Gasteiger partial charge in [0, 0.05) is 36.2 Å². The minimum atomic E-state index is -0.00492. The highest BCUT2D eigenvalue weighted by Crippen LogP contribution is 2.38. The van der Waals surface area contributed by atoms with E-state index in [2.05, 4.69) is 16.4 Å². The number of methoxy groups -OCH3 is 1. The third kappa shape index (κ3) is 4.49. The van der Waals surface area contributed by atoms with E-state index in [4.69, 9.17) is 14.2 Å². The average molecular weight is 393 g/mol. The Morgan fingerprint density at radius 2 is 2.03 bits per heavy atom. The Hall–Kier alpha value is -3.11. The van der Waals surface area contributed by atoms with Crippen LogP contribution < -0.4 is 14.8 Å². The van der Waals surface area contributed by atoms with Crippen molar-refractivity contribution in [3.05, 3.63) is 36.0 Å². The van der Waals surface area contributed by atoms with Crippen LogP contribution in [0.2, 0.25) is 0 Å². The van der Waals surface area contributed by atoms with Crippen molar-refractivity contribution in [2.24, 2.45) is 5.92 Å². The number of hydrogen-bond donors (Lipinski definition) is 1. The van der Waals surface area contributed by atoms with Gasteiger partial charge in [0.05, 0.1) is 31.6 Å². The molecule has 1 amide bonds. The van der Waals surface area contributed by atoms with E-state index in [9.17, 15) is 10.1 Å². The summed E-state index contributed by atoms with van der Waals surface area (Å²) in [6.07, 6.45) is 5.08. The van der Waals surface area contributed by atoms with E-state index in [0.29, 0.717) is 41.7 Å². The summed E-state index contributed by atoms with van der Waals surface area (Å²) in [6, 6.07) is 9.32. The molecule has 2 fully saturated rings. The summed E-state index contributed by atoms with van der Waals surface area (Å²) in [7, 11) is 1.55. The number of nitrogens with one attached hydrogen (secondary N) is 1. The summed E-state index contributed by atoms with van der Waals surface area (Å²) >= 11 is 0. The maximum absolute atomic E-state index is 12.0. The molecule has 4 rings (SSSR count). The normalized spacial score (nSPS) is 16.7. The molecule has 29 heavy (non-hydrogen) atoms. The molecule has 1 N–H and O–H groups in total. The first kappa shape index (κ1) is 19.2. The summed E-state index contributed by atoms with van der Waals surface area (Å²) in [5.41, 5.74) is 2.44. The van der Waals surface area contributed by atoms with Crippen LogP contribution >= 0.6 is 0 Å². The fourth-order valence-corrected chi connectivity index (χ4v) is 3.32. The summed E-state index contributed by atoms with van der Waals surface area (Å²) in [5, 5.41) is 12.6. The molecule has 0 atom stereocenters.